The van der Waals surface area contributed by atoms with E-state index < -0.39 is 23.7 Å². The molecule has 2 aromatic carbocycles. The number of hydrogen-bond donors (Lipinski definition) is 0. The van der Waals surface area contributed by atoms with Gasteiger partial charge in [-0.15, -0.1) is 0 Å². The van der Waals surface area contributed by atoms with Gasteiger partial charge in [0.05, 0.1) is 12.1 Å². The summed E-state index contributed by atoms with van der Waals surface area (Å²) in [6.45, 7) is 1.95. The summed E-state index contributed by atoms with van der Waals surface area (Å²) in [5.41, 5.74) is 2.26. The average Bonchev–Trinajstić information content (AvgIpc) is 3.07. The maximum Gasteiger partial charge on any atom is 0.257 e. The Kier molecular flexibility index (Phi) is 5.58. The number of aryl methyl sites for hydroxylation is 1. The van der Waals surface area contributed by atoms with Gasteiger partial charge in [0.2, 0.25) is 5.91 Å². The van der Waals surface area contributed by atoms with Crippen LogP contribution in [-0.2, 0) is 16.1 Å². The lowest BCUT2D eigenvalue weighted by atomic mass is 10.1. The van der Waals surface area contributed by atoms with Crippen LogP contribution in [0.25, 0.3) is 0 Å². The van der Waals surface area contributed by atoms with Crippen LogP contribution >= 0.6 is 0 Å². The van der Waals surface area contributed by atoms with E-state index in [0.29, 0.717) is 5.56 Å². The molecule has 1 aliphatic heterocycles. The van der Waals surface area contributed by atoms with E-state index >= 15 is 0 Å². The number of imide groups is 1. The molecule has 1 unspecified atom stereocenters. The van der Waals surface area contributed by atoms with Crippen molar-refractivity contribution in [2.75, 3.05) is 4.90 Å². The first-order valence-electron chi connectivity index (χ1n) is 9.83. The monoisotopic (exact) mass is 417 g/mol. The van der Waals surface area contributed by atoms with Crippen LogP contribution < -0.4 is 4.90 Å². The molecule has 7 heteroatoms. The molecule has 1 aliphatic rings. The van der Waals surface area contributed by atoms with Crippen molar-refractivity contribution in [1.29, 1.82) is 0 Å². The molecule has 6 nitrogen and oxygen atoms in total. The molecule has 3 amide bonds. The highest BCUT2D eigenvalue weighted by atomic mass is 19.1. The van der Waals surface area contributed by atoms with Crippen LogP contribution in [0.5, 0.6) is 0 Å². The zero-order chi connectivity index (χ0) is 22.0. The fourth-order valence-electron chi connectivity index (χ4n) is 3.70. The van der Waals surface area contributed by atoms with Crippen LogP contribution in [0.1, 0.15) is 27.9 Å². The van der Waals surface area contributed by atoms with E-state index in [1.54, 1.807) is 30.6 Å². The number of amides is 3. The van der Waals surface area contributed by atoms with E-state index in [4.69, 9.17) is 0 Å². The summed E-state index contributed by atoms with van der Waals surface area (Å²) in [7, 11) is 0. The molecule has 31 heavy (non-hydrogen) atoms. The molecule has 1 saturated heterocycles. The second-order valence-electron chi connectivity index (χ2n) is 7.37. The third kappa shape index (κ3) is 4.07. The lowest BCUT2D eigenvalue weighted by Crippen LogP contribution is -2.45. The lowest BCUT2D eigenvalue weighted by Gasteiger charge is -2.28. The zero-order valence-electron chi connectivity index (χ0n) is 16.9. The van der Waals surface area contributed by atoms with Gasteiger partial charge in [0.15, 0.2) is 0 Å². The Bertz CT molecular complexity index is 1130. The van der Waals surface area contributed by atoms with Gasteiger partial charge in [0, 0.05) is 24.5 Å². The quantitative estimate of drug-likeness (QED) is 0.596. The molecule has 2 heterocycles. The Labute approximate surface area is 178 Å². The summed E-state index contributed by atoms with van der Waals surface area (Å²) < 4.78 is 13.3. The van der Waals surface area contributed by atoms with Gasteiger partial charge in [-0.05, 0) is 54.4 Å². The molecular formula is C24H20FN3O3. The number of anilines is 1. The molecule has 1 fully saturated rings. The summed E-state index contributed by atoms with van der Waals surface area (Å²) in [6.07, 6.45) is 3.10. The number of hydrogen-bond acceptors (Lipinski definition) is 4. The average molecular weight is 417 g/mol. The van der Waals surface area contributed by atoms with Crippen molar-refractivity contribution in [3.8, 4) is 0 Å². The first kappa shape index (κ1) is 20.4. The smallest absolute Gasteiger partial charge is 0.257 e. The highest BCUT2D eigenvalue weighted by Gasteiger charge is 2.44. The van der Waals surface area contributed by atoms with Gasteiger partial charge in [0.1, 0.15) is 11.9 Å². The van der Waals surface area contributed by atoms with E-state index in [1.165, 1.54) is 29.2 Å². The molecular weight excluding hydrogens is 397 g/mol. The Morgan fingerprint density at radius 2 is 1.84 bits per heavy atom. The van der Waals surface area contributed by atoms with Crippen molar-refractivity contribution in [3.05, 3.63) is 95.6 Å². The van der Waals surface area contributed by atoms with E-state index in [2.05, 4.69) is 4.98 Å². The van der Waals surface area contributed by atoms with E-state index in [1.807, 2.05) is 25.1 Å². The second-order valence-corrected chi connectivity index (χ2v) is 7.37. The fraction of sp³-hybridized carbons (Fsp3) is 0.167. The van der Waals surface area contributed by atoms with Crippen molar-refractivity contribution in [2.45, 2.75) is 25.9 Å². The number of aromatic nitrogens is 1. The van der Waals surface area contributed by atoms with Gasteiger partial charge >= 0.3 is 0 Å². The maximum absolute atomic E-state index is 13.5. The van der Waals surface area contributed by atoms with E-state index in [9.17, 15) is 18.8 Å². The molecule has 0 aliphatic carbocycles. The standard InChI is InChI=1S/C24H20FN3O3/c1-16-5-2-3-7-20(16)23(30)27(15-17-6-4-12-26-14-17)21-13-22(29)28(24(21)31)19-10-8-18(25)9-11-19/h2-12,14,21H,13,15H2,1H3. The first-order valence-corrected chi connectivity index (χ1v) is 9.83. The molecule has 4 rings (SSSR count). The molecule has 1 aromatic heterocycles. The van der Waals surface area contributed by atoms with Crippen LogP contribution in [0.2, 0.25) is 0 Å². The number of rotatable bonds is 5. The normalized spacial score (nSPS) is 15.9. The van der Waals surface area contributed by atoms with E-state index in [-0.39, 0.29) is 24.6 Å². The van der Waals surface area contributed by atoms with Gasteiger partial charge in [-0.1, -0.05) is 24.3 Å². The van der Waals surface area contributed by atoms with Crippen LogP contribution in [0, 0.1) is 12.7 Å². The van der Waals surface area contributed by atoms with Crippen LogP contribution in [0.15, 0.2) is 73.1 Å². The number of carbonyl (C=O) groups excluding carboxylic acids is 3. The Hall–Kier alpha value is -3.87. The summed E-state index contributed by atoms with van der Waals surface area (Å²) in [4.78, 5) is 46.0. The third-order valence-electron chi connectivity index (χ3n) is 5.30. The summed E-state index contributed by atoms with van der Waals surface area (Å²) in [5, 5.41) is 0. The number of carbonyl (C=O) groups is 3. The predicted molar refractivity (Wildman–Crippen MR) is 113 cm³/mol. The van der Waals surface area contributed by atoms with Gasteiger partial charge in [0.25, 0.3) is 11.8 Å². The van der Waals surface area contributed by atoms with Crippen molar-refractivity contribution in [3.63, 3.8) is 0 Å². The Morgan fingerprint density at radius 1 is 1.10 bits per heavy atom. The largest absolute Gasteiger partial charge is 0.322 e. The number of benzene rings is 2. The minimum atomic E-state index is -0.968. The van der Waals surface area contributed by atoms with Gasteiger partial charge in [-0.25, -0.2) is 9.29 Å². The van der Waals surface area contributed by atoms with Gasteiger partial charge in [-0.2, -0.15) is 0 Å². The van der Waals surface area contributed by atoms with Crippen molar-refractivity contribution >= 4 is 23.4 Å². The summed E-state index contributed by atoms with van der Waals surface area (Å²) >= 11 is 0. The molecule has 3 aromatic rings. The minimum absolute atomic E-state index is 0.127. The topological polar surface area (TPSA) is 70.6 Å². The molecule has 0 spiro atoms. The SMILES string of the molecule is Cc1ccccc1C(=O)N(Cc1cccnc1)C1CC(=O)N(c2ccc(F)cc2)C1=O. The van der Waals surface area contributed by atoms with Gasteiger partial charge < -0.3 is 4.90 Å². The van der Waals surface area contributed by atoms with Crippen LogP contribution in [0.3, 0.4) is 0 Å². The predicted octanol–water partition coefficient (Wildman–Crippen LogP) is 3.50. The highest BCUT2D eigenvalue weighted by Crippen LogP contribution is 2.28. The highest BCUT2D eigenvalue weighted by molar-refractivity contribution is 6.23. The number of nitrogens with zero attached hydrogens (tertiary/aromatic N) is 3. The van der Waals surface area contributed by atoms with Crippen molar-refractivity contribution < 1.29 is 18.8 Å². The number of halogens is 1. The van der Waals surface area contributed by atoms with Crippen molar-refractivity contribution in [2.24, 2.45) is 0 Å². The molecule has 156 valence electrons. The second kappa shape index (κ2) is 8.47. The first-order chi connectivity index (χ1) is 15.0. The number of pyridine rings is 1. The Balaban J connectivity index is 1.70. The van der Waals surface area contributed by atoms with E-state index in [0.717, 1.165) is 16.0 Å². The third-order valence-corrected chi connectivity index (χ3v) is 5.30. The van der Waals surface area contributed by atoms with Crippen LogP contribution in [-0.4, -0.2) is 33.6 Å². The molecule has 1 atom stereocenters. The molecule has 0 saturated carbocycles. The van der Waals surface area contributed by atoms with Gasteiger partial charge in [-0.3, -0.25) is 19.4 Å². The fourth-order valence-corrected chi connectivity index (χ4v) is 3.70. The maximum atomic E-state index is 13.5. The Morgan fingerprint density at radius 3 is 2.52 bits per heavy atom. The summed E-state index contributed by atoms with van der Waals surface area (Å²) in [5.74, 6) is -1.75. The lowest BCUT2D eigenvalue weighted by molar-refractivity contribution is -0.122. The minimum Gasteiger partial charge on any atom is -0.322 e. The molecule has 0 radical (unpaired) electrons. The zero-order valence-corrected chi connectivity index (χ0v) is 16.9. The molecule has 0 N–H and O–H groups in total. The van der Waals surface area contributed by atoms with Crippen molar-refractivity contribution in [1.82, 2.24) is 9.88 Å². The summed E-state index contributed by atoms with van der Waals surface area (Å²) in [6, 6.07) is 14.8. The molecule has 0 bridgehead atoms. The van der Waals surface area contributed by atoms with Crippen LogP contribution in [0.4, 0.5) is 10.1 Å².